The molecule has 1 fully saturated rings. The van der Waals surface area contributed by atoms with E-state index in [2.05, 4.69) is 23.9 Å². The smallest absolute Gasteiger partial charge is 0.128 e. The van der Waals surface area contributed by atoms with Gasteiger partial charge in [-0.15, -0.1) is 11.6 Å². The first-order valence-electron chi connectivity index (χ1n) is 5.53. The van der Waals surface area contributed by atoms with Crippen LogP contribution in [0.1, 0.15) is 18.9 Å². The average Bonchev–Trinajstić information content (AvgIpc) is 2.94. The zero-order chi connectivity index (χ0) is 11.7. The molecule has 0 amide bonds. The van der Waals surface area contributed by atoms with Crippen molar-refractivity contribution in [1.82, 2.24) is 4.98 Å². The van der Waals surface area contributed by atoms with Gasteiger partial charge in [-0.3, -0.25) is 0 Å². The molecule has 2 unspecified atom stereocenters. The number of nitrogens with zero attached hydrogens (tertiary/aromatic N) is 2. The first-order chi connectivity index (χ1) is 7.61. The molecule has 0 aliphatic heterocycles. The van der Waals surface area contributed by atoms with Crippen molar-refractivity contribution in [3.05, 3.63) is 22.8 Å². The van der Waals surface area contributed by atoms with Gasteiger partial charge in [0.1, 0.15) is 5.82 Å². The van der Waals surface area contributed by atoms with Gasteiger partial charge in [-0.2, -0.15) is 0 Å². The van der Waals surface area contributed by atoms with Crippen LogP contribution in [0.15, 0.2) is 12.3 Å². The Balaban J connectivity index is 2.07. The van der Waals surface area contributed by atoms with Crippen LogP contribution in [0.3, 0.4) is 0 Å². The van der Waals surface area contributed by atoms with Crippen molar-refractivity contribution in [3.63, 3.8) is 0 Å². The molecule has 16 heavy (non-hydrogen) atoms. The fourth-order valence-electron chi connectivity index (χ4n) is 1.88. The van der Waals surface area contributed by atoms with Gasteiger partial charge in [0.15, 0.2) is 0 Å². The molecule has 0 spiro atoms. The van der Waals surface area contributed by atoms with Crippen LogP contribution < -0.4 is 4.90 Å². The minimum absolute atomic E-state index is 0.433. The Kier molecular flexibility index (Phi) is 3.60. The Morgan fingerprint density at radius 1 is 1.56 bits per heavy atom. The monoisotopic (exact) mass is 258 g/mol. The van der Waals surface area contributed by atoms with E-state index in [4.69, 9.17) is 23.2 Å². The molecule has 88 valence electrons. The average molecular weight is 259 g/mol. The van der Waals surface area contributed by atoms with Crippen molar-refractivity contribution in [2.24, 2.45) is 11.8 Å². The van der Waals surface area contributed by atoms with Crippen LogP contribution in [0.25, 0.3) is 0 Å². The zero-order valence-electron chi connectivity index (χ0n) is 9.58. The summed E-state index contributed by atoms with van der Waals surface area (Å²) in [6.07, 6.45) is 3.02. The van der Waals surface area contributed by atoms with Crippen molar-refractivity contribution >= 4 is 29.0 Å². The first kappa shape index (κ1) is 12.0. The molecule has 2 nitrogen and oxygen atoms in total. The minimum atomic E-state index is 0.433. The maximum atomic E-state index is 5.98. The van der Waals surface area contributed by atoms with Crippen LogP contribution in [0.2, 0.25) is 5.02 Å². The van der Waals surface area contributed by atoms with Gasteiger partial charge in [0.25, 0.3) is 0 Å². The number of halogens is 2. The number of anilines is 1. The number of pyridine rings is 1. The first-order valence-corrected chi connectivity index (χ1v) is 6.44. The van der Waals surface area contributed by atoms with E-state index < -0.39 is 0 Å². The summed E-state index contributed by atoms with van der Waals surface area (Å²) in [6, 6.07) is 1.97. The maximum Gasteiger partial charge on any atom is 0.128 e. The highest BCUT2D eigenvalue weighted by atomic mass is 35.5. The van der Waals surface area contributed by atoms with Gasteiger partial charge in [0, 0.05) is 25.7 Å². The van der Waals surface area contributed by atoms with E-state index in [0.717, 1.165) is 29.8 Å². The van der Waals surface area contributed by atoms with Gasteiger partial charge in [0.2, 0.25) is 0 Å². The van der Waals surface area contributed by atoms with Gasteiger partial charge in [0.05, 0.1) is 5.02 Å². The molecule has 1 aliphatic rings. The predicted octanol–water partition coefficient (Wildman–Crippen LogP) is 3.57. The fraction of sp³-hybridized carbons (Fsp3) is 0.583. The largest absolute Gasteiger partial charge is 0.359 e. The van der Waals surface area contributed by atoms with E-state index in [0.29, 0.717) is 10.9 Å². The lowest BCUT2D eigenvalue weighted by atomic mass is 10.2. The number of rotatable bonds is 4. The Morgan fingerprint density at radius 3 is 2.81 bits per heavy atom. The molecule has 4 heteroatoms. The maximum absolute atomic E-state index is 5.98. The SMILES string of the molecule is CC1CC1CN(C)c1cc(CCl)c(Cl)cn1. The molecule has 2 rings (SSSR count). The second-order valence-electron chi connectivity index (χ2n) is 4.62. The van der Waals surface area contributed by atoms with Crippen molar-refractivity contribution < 1.29 is 0 Å². The highest BCUT2D eigenvalue weighted by Gasteiger charge is 2.33. The summed E-state index contributed by atoms with van der Waals surface area (Å²) in [5, 5.41) is 0.645. The van der Waals surface area contributed by atoms with Crippen LogP contribution in [0, 0.1) is 11.8 Å². The van der Waals surface area contributed by atoms with E-state index in [1.807, 2.05) is 6.07 Å². The molecule has 0 bridgehead atoms. The highest BCUT2D eigenvalue weighted by molar-refractivity contribution is 6.32. The van der Waals surface area contributed by atoms with Crippen LogP contribution in [0.5, 0.6) is 0 Å². The lowest BCUT2D eigenvalue weighted by molar-refractivity contribution is 0.719. The molecular weight excluding hydrogens is 243 g/mol. The Morgan fingerprint density at radius 2 is 2.25 bits per heavy atom. The third-order valence-corrected chi connectivity index (χ3v) is 3.87. The standard InChI is InChI=1S/C12H16Cl2N2/c1-8-3-10(8)7-16(2)12-4-9(5-13)11(14)6-15-12/h4,6,8,10H,3,5,7H2,1-2H3. The van der Waals surface area contributed by atoms with Gasteiger partial charge in [-0.25, -0.2) is 4.98 Å². The number of hydrogen-bond acceptors (Lipinski definition) is 2. The molecule has 0 N–H and O–H groups in total. The number of aromatic nitrogens is 1. The van der Waals surface area contributed by atoms with E-state index in [9.17, 15) is 0 Å². The van der Waals surface area contributed by atoms with Gasteiger partial charge in [-0.1, -0.05) is 18.5 Å². The third kappa shape index (κ3) is 2.61. The Bertz CT molecular complexity index is 381. The van der Waals surface area contributed by atoms with Crippen molar-refractivity contribution in [3.8, 4) is 0 Å². The molecule has 2 atom stereocenters. The molecular formula is C12H16Cl2N2. The van der Waals surface area contributed by atoms with Crippen molar-refractivity contribution in [2.75, 3.05) is 18.5 Å². The molecule has 1 heterocycles. The summed E-state index contributed by atoms with van der Waals surface area (Å²) in [5.74, 6) is 3.07. The summed E-state index contributed by atoms with van der Waals surface area (Å²) in [6.45, 7) is 3.36. The molecule has 0 aromatic carbocycles. The second kappa shape index (κ2) is 4.80. The summed E-state index contributed by atoms with van der Waals surface area (Å²) in [7, 11) is 2.07. The Hall–Kier alpha value is -0.470. The highest BCUT2D eigenvalue weighted by Crippen LogP contribution is 2.38. The van der Waals surface area contributed by atoms with Crippen LogP contribution in [-0.4, -0.2) is 18.6 Å². The van der Waals surface area contributed by atoms with E-state index in [1.54, 1.807) is 6.20 Å². The predicted molar refractivity (Wildman–Crippen MR) is 69.3 cm³/mol. The zero-order valence-corrected chi connectivity index (χ0v) is 11.1. The number of alkyl halides is 1. The van der Waals surface area contributed by atoms with Crippen molar-refractivity contribution in [1.29, 1.82) is 0 Å². The molecule has 1 aromatic heterocycles. The molecule has 1 aromatic rings. The lowest BCUT2D eigenvalue weighted by Gasteiger charge is -2.18. The van der Waals surface area contributed by atoms with Gasteiger partial charge < -0.3 is 4.90 Å². The summed E-state index contributed by atoms with van der Waals surface area (Å²) in [5.41, 5.74) is 0.948. The summed E-state index contributed by atoms with van der Waals surface area (Å²) in [4.78, 5) is 6.51. The van der Waals surface area contributed by atoms with Gasteiger partial charge >= 0.3 is 0 Å². The third-order valence-electron chi connectivity index (χ3n) is 3.24. The molecule has 1 aliphatic carbocycles. The topological polar surface area (TPSA) is 16.1 Å². The summed E-state index contributed by atoms with van der Waals surface area (Å²) >= 11 is 11.8. The van der Waals surface area contributed by atoms with Crippen LogP contribution >= 0.6 is 23.2 Å². The second-order valence-corrected chi connectivity index (χ2v) is 5.30. The summed E-state index contributed by atoms with van der Waals surface area (Å²) < 4.78 is 0. The number of hydrogen-bond donors (Lipinski definition) is 0. The van der Waals surface area contributed by atoms with Crippen LogP contribution in [-0.2, 0) is 5.88 Å². The normalized spacial score (nSPS) is 23.2. The molecule has 0 radical (unpaired) electrons. The van der Waals surface area contributed by atoms with Crippen LogP contribution in [0.4, 0.5) is 5.82 Å². The van der Waals surface area contributed by atoms with E-state index >= 15 is 0 Å². The van der Waals surface area contributed by atoms with E-state index in [1.165, 1.54) is 6.42 Å². The van der Waals surface area contributed by atoms with Gasteiger partial charge in [-0.05, 0) is 29.9 Å². The quantitative estimate of drug-likeness (QED) is 0.768. The lowest BCUT2D eigenvalue weighted by Crippen LogP contribution is -2.21. The van der Waals surface area contributed by atoms with E-state index in [-0.39, 0.29) is 0 Å². The Labute approximate surface area is 107 Å². The molecule has 1 saturated carbocycles. The minimum Gasteiger partial charge on any atom is -0.359 e. The van der Waals surface area contributed by atoms with Crippen molar-refractivity contribution in [2.45, 2.75) is 19.2 Å². The molecule has 0 saturated heterocycles. The fourth-order valence-corrected chi connectivity index (χ4v) is 2.34.